The Morgan fingerprint density at radius 2 is 1.79 bits per heavy atom. The van der Waals surface area contributed by atoms with Crippen molar-refractivity contribution < 1.29 is 27.4 Å². The second kappa shape index (κ2) is 10.3. The van der Waals surface area contributed by atoms with E-state index >= 15 is 0 Å². The van der Waals surface area contributed by atoms with Gasteiger partial charge in [-0.2, -0.15) is 13.2 Å². The molecule has 1 aromatic heterocycles. The molecule has 0 unspecified atom stereocenters. The molecule has 0 saturated carbocycles. The van der Waals surface area contributed by atoms with E-state index in [9.17, 15) is 22.8 Å². The van der Waals surface area contributed by atoms with Gasteiger partial charge in [0.25, 0.3) is 0 Å². The molecule has 34 heavy (non-hydrogen) atoms. The highest BCUT2D eigenvalue weighted by atomic mass is 19.4. The minimum atomic E-state index is -4.51. The number of methoxy groups -OCH3 is 2. The zero-order chi connectivity index (χ0) is 24.9. The van der Waals surface area contributed by atoms with Crippen LogP contribution in [0.4, 0.5) is 18.0 Å². The highest BCUT2D eigenvalue weighted by molar-refractivity contribution is 5.73. The number of hydrogen-bond donors (Lipinski definition) is 2. The van der Waals surface area contributed by atoms with E-state index in [1.54, 1.807) is 18.2 Å². The highest BCUT2D eigenvalue weighted by Crippen LogP contribution is 2.31. The van der Waals surface area contributed by atoms with Gasteiger partial charge in [-0.15, -0.1) is 5.10 Å². The smallest absolute Gasteiger partial charge is 0.416 e. The van der Waals surface area contributed by atoms with Gasteiger partial charge in [0, 0.05) is 25.7 Å². The van der Waals surface area contributed by atoms with Crippen LogP contribution < -0.4 is 25.8 Å². The number of rotatable bonds is 8. The van der Waals surface area contributed by atoms with Crippen LogP contribution in [-0.2, 0) is 26.3 Å². The van der Waals surface area contributed by atoms with Crippen molar-refractivity contribution in [2.45, 2.75) is 19.3 Å². The molecule has 0 bridgehead atoms. The molecule has 2 amide bonds. The molecule has 1 heterocycles. The van der Waals surface area contributed by atoms with Crippen LogP contribution in [0.2, 0.25) is 0 Å². The number of benzene rings is 2. The molecule has 0 radical (unpaired) electrons. The minimum absolute atomic E-state index is 0.0371. The van der Waals surface area contributed by atoms with Gasteiger partial charge in [-0.1, -0.05) is 18.2 Å². The third kappa shape index (κ3) is 5.69. The van der Waals surface area contributed by atoms with E-state index < -0.39 is 23.5 Å². The topological polar surface area (TPSA) is 99.4 Å². The lowest BCUT2D eigenvalue weighted by Crippen LogP contribution is -2.38. The van der Waals surface area contributed by atoms with Gasteiger partial charge in [0.2, 0.25) is 0 Å². The Morgan fingerprint density at radius 3 is 2.47 bits per heavy atom. The van der Waals surface area contributed by atoms with Crippen LogP contribution in [0.25, 0.3) is 11.4 Å². The molecule has 0 saturated heterocycles. The maximum absolute atomic E-state index is 13.0. The molecule has 3 rings (SSSR count). The number of ether oxygens (including phenoxy) is 2. The largest absolute Gasteiger partial charge is 0.493 e. The van der Waals surface area contributed by atoms with Crippen LogP contribution in [-0.4, -0.2) is 41.1 Å². The van der Waals surface area contributed by atoms with Gasteiger partial charge in [-0.25, -0.2) is 14.3 Å². The second-order valence-corrected chi connectivity index (χ2v) is 7.27. The Hall–Kier alpha value is -3.96. The molecular formula is C22H24F3N5O4. The van der Waals surface area contributed by atoms with E-state index in [1.807, 2.05) is 0 Å². The third-order valence-electron chi connectivity index (χ3n) is 5.00. The Balaban J connectivity index is 1.58. The molecule has 0 spiro atoms. The molecular weight excluding hydrogens is 455 g/mol. The average molecular weight is 479 g/mol. The van der Waals surface area contributed by atoms with Gasteiger partial charge < -0.3 is 20.1 Å². The van der Waals surface area contributed by atoms with E-state index in [4.69, 9.17) is 9.47 Å². The predicted molar refractivity (Wildman–Crippen MR) is 118 cm³/mol. The summed E-state index contributed by atoms with van der Waals surface area (Å²) in [6.45, 7) is 0.349. The first kappa shape index (κ1) is 24.7. The first-order valence-electron chi connectivity index (χ1n) is 10.2. The molecule has 3 aromatic rings. The first-order chi connectivity index (χ1) is 16.1. The summed E-state index contributed by atoms with van der Waals surface area (Å²) in [6.07, 6.45) is -4.51. The number of amides is 2. The van der Waals surface area contributed by atoms with Gasteiger partial charge in [0.15, 0.2) is 17.3 Å². The number of carbonyl (C=O) groups is 1. The van der Waals surface area contributed by atoms with Crippen molar-refractivity contribution in [3.8, 4) is 22.9 Å². The van der Waals surface area contributed by atoms with Crippen molar-refractivity contribution in [3.05, 3.63) is 64.1 Å². The maximum atomic E-state index is 13.0. The summed E-state index contributed by atoms with van der Waals surface area (Å²) in [5.41, 5.74) is -0.395. The number of halogens is 3. The van der Waals surface area contributed by atoms with Crippen LogP contribution in [0.15, 0.2) is 47.3 Å². The molecule has 0 aliphatic heterocycles. The lowest BCUT2D eigenvalue weighted by atomic mass is 10.1. The molecule has 2 N–H and O–H groups in total. The summed E-state index contributed by atoms with van der Waals surface area (Å²) in [4.78, 5) is 24.5. The number of nitrogens with zero attached hydrogens (tertiary/aromatic N) is 3. The monoisotopic (exact) mass is 479 g/mol. The SMILES string of the molecule is COc1ccc(CNC(=O)NCCn2nc(-c3cccc(C(F)(F)F)c3)n(C)c2=O)cc1OC. The molecule has 0 aliphatic carbocycles. The number of carbonyl (C=O) groups excluding carboxylic acids is 1. The molecule has 182 valence electrons. The summed E-state index contributed by atoms with van der Waals surface area (Å²) in [6, 6.07) is 9.37. The van der Waals surface area contributed by atoms with Crippen molar-refractivity contribution in [3.63, 3.8) is 0 Å². The zero-order valence-electron chi connectivity index (χ0n) is 18.8. The number of nitrogens with one attached hydrogen (secondary N) is 2. The maximum Gasteiger partial charge on any atom is 0.416 e. The van der Waals surface area contributed by atoms with Crippen molar-refractivity contribution in [2.24, 2.45) is 7.05 Å². The second-order valence-electron chi connectivity index (χ2n) is 7.27. The Kier molecular flexibility index (Phi) is 7.49. The number of hydrogen-bond acceptors (Lipinski definition) is 5. The number of urea groups is 1. The fourth-order valence-electron chi connectivity index (χ4n) is 3.23. The third-order valence-corrected chi connectivity index (χ3v) is 5.00. The van der Waals surface area contributed by atoms with Crippen molar-refractivity contribution in [2.75, 3.05) is 20.8 Å². The average Bonchev–Trinajstić information content (AvgIpc) is 3.10. The first-order valence-corrected chi connectivity index (χ1v) is 10.2. The molecule has 0 atom stereocenters. The van der Waals surface area contributed by atoms with Crippen LogP contribution in [0, 0.1) is 0 Å². The van der Waals surface area contributed by atoms with E-state index in [0.29, 0.717) is 11.5 Å². The van der Waals surface area contributed by atoms with Crippen molar-refractivity contribution in [1.82, 2.24) is 25.0 Å². The summed E-state index contributed by atoms with van der Waals surface area (Å²) in [5, 5.41) is 9.43. The summed E-state index contributed by atoms with van der Waals surface area (Å²) in [5.74, 6) is 1.20. The van der Waals surface area contributed by atoms with E-state index in [-0.39, 0.29) is 31.0 Å². The molecule has 9 nitrogen and oxygen atoms in total. The Bertz CT molecular complexity index is 1220. The van der Waals surface area contributed by atoms with Crippen LogP contribution in [0.3, 0.4) is 0 Å². The van der Waals surface area contributed by atoms with Gasteiger partial charge >= 0.3 is 17.9 Å². The van der Waals surface area contributed by atoms with Crippen LogP contribution in [0.1, 0.15) is 11.1 Å². The summed E-state index contributed by atoms with van der Waals surface area (Å²) >= 11 is 0. The van der Waals surface area contributed by atoms with E-state index in [1.165, 1.54) is 33.4 Å². The fraction of sp³-hybridized carbons (Fsp3) is 0.318. The fourth-order valence-corrected chi connectivity index (χ4v) is 3.23. The van der Waals surface area contributed by atoms with Gasteiger partial charge in [0.05, 0.1) is 26.3 Å². The van der Waals surface area contributed by atoms with Gasteiger partial charge in [0.1, 0.15) is 0 Å². The standard InChI is InChI=1S/C22H24F3N5O4/c1-29-19(15-5-4-6-16(12-15)22(23,24)25)28-30(21(29)32)10-9-26-20(31)27-13-14-7-8-17(33-2)18(11-14)34-3/h4-8,11-12H,9-10,13H2,1-3H3,(H2,26,27,31). The van der Waals surface area contributed by atoms with Crippen molar-refractivity contribution >= 4 is 6.03 Å². The normalized spacial score (nSPS) is 11.2. The Labute approximate surface area is 193 Å². The highest BCUT2D eigenvalue weighted by Gasteiger charge is 2.31. The predicted octanol–water partition coefficient (Wildman–Crippen LogP) is 2.78. The minimum Gasteiger partial charge on any atom is -0.493 e. The van der Waals surface area contributed by atoms with E-state index in [2.05, 4.69) is 15.7 Å². The molecule has 0 fully saturated rings. The zero-order valence-corrected chi connectivity index (χ0v) is 18.8. The summed E-state index contributed by atoms with van der Waals surface area (Å²) < 4.78 is 51.6. The van der Waals surface area contributed by atoms with E-state index in [0.717, 1.165) is 26.9 Å². The van der Waals surface area contributed by atoms with Gasteiger partial charge in [-0.05, 0) is 29.8 Å². The van der Waals surface area contributed by atoms with Crippen LogP contribution in [0.5, 0.6) is 11.5 Å². The molecule has 0 aliphatic rings. The van der Waals surface area contributed by atoms with Crippen molar-refractivity contribution in [1.29, 1.82) is 0 Å². The number of alkyl halides is 3. The Morgan fingerprint density at radius 1 is 1.06 bits per heavy atom. The lowest BCUT2D eigenvalue weighted by molar-refractivity contribution is -0.137. The quantitative estimate of drug-likeness (QED) is 0.518. The molecule has 2 aromatic carbocycles. The lowest BCUT2D eigenvalue weighted by Gasteiger charge is -2.11. The number of aromatic nitrogens is 3. The molecule has 12 heteroatoms. The van der Waals surface area contributed by atoms with Crippen LogP contribution >= 0.6 is 0 Å². The summed E-state index contributed by atoms with van der Waals surface area (Å²) in [7, 11) is 4.46. The van der Waals surface area contributed by atoms with Gasteiger partial charge in [-0.3, -0.25) is 4.57 Å².